The van der Waals surface area contributed by atoms with E-state index in [-0.39, 0.29) is 11.4 Å². The van der Waals surface area contributed by atoms with Crippen molar-refractivity contribution in [3.8, 4) is 5.75 Å². The predicted octanol–water partition coefficient (Wildman–Crippen LogP) is 4.18. The molecule has 1 aromatic carbocycles. The average molecular weight is 477 g/mol. The number of piperidine rings is 1. The summed E-state index contributed by atoms with van der Waals surface area (Å²) in [4.78, 5) is 19.3. The smallest absolute Gasteiger partial charge is 0.283 e. The third-order valence-corrected chi connectivity index (χ3v) is 7.31. The van der Waals surface area contributed by atoms with Crippen LogP contribution in [0.25, 0.3) is 6.08 Å². The third-order valence-electron chi connectivity index (χ3n) is 6.34. The number of hydrogen-bond acceptors (Lipinski definition) is 6. The van der Waals surface area contributed by atoms with Gasteiger partial charge >= 0.3 is 0 Å². The number of carbonyl (C=O) groups is 1. The summed E-state index contributed by atoms with van der Waals surface area (Å²) < 4.78 is 7.93. The van der Waals surface area contributed by atoms with Gasteiger partial charge in [0.15, 0.2) is 11.0 Å². The Morgan fingerprint density at radius 2 is 1.97 bits per heavy atom. The van der Waals surface area contributed by atoms with Gasteiger partial charge in [0.1, 0.15) is 12.4 Å². The summed E-state index contributed by atoms with van der Waals surface area (Å²) in [6, 6.07) is 11.8. The standard InChI is InChI=1S/C25H28N6O2S/c1-17-9-12-30(13-10-17)25-28-31-22(26)20(23(32)27-24(31)34-25)16-19-7-5-11-29(19)14-15-33-21-8-4-3-6-18(21)2/h3-8,11,16-17,26H,9-10,12-15H2,1-2H3/b20-16-,26-22?. The summed E-state index contributed by atoms with van der Waals surface area (Å²) in [6.07, 6.45) is 5.91. The topological polar surface area (TPSA) is 86.3 Å². The van der Waals surface area contributed by atoms with Crippen molar-refractivity contribution < 1.29 is 9.53 Å². The highest BCUT2D eigenvalue weighted by atomic mass is 32.2. The molecule has 1 amide bonds. The van der Waals surface area contributed by atoms with Crippen molar-refractivity contribution in [1.29, 1.82) is 5.41 Å². The van der Waals surface area contributed by atoms with Gasteiger partial charge in [-0.25, -0.2) is 0 Å². The number of ether oxygens (including phenoxy) is 1. The van der Waals surface area contributed by atoms with Crippen molar-refractivity contribution in [1.82, 2.24) is 14.5 Å². The number of amides is 1. The molecule has 1 saturated heterocycles. The molecule has 3 aliphatic rings. The number of nitrogens with zero attached hydrogens (tertiary/aromatic N) is 5. The third kappa shape index (κ3) is 4.52. The number of hydrazone groups is 1. The van der Waals surface area contributed by atoms with Crippen LogP contribution in [0.15, 0.2) is 58.3 Å². The van der Waals surface area contributed by atoms with Crippen molar-refractivity contribution in [2.75, 3.05) is 19.7 Å². The molecule has 0 radical (unpaired) electrons. The lowest BCUT2D eigenvalue weighted by atomic mass is 10.00. The Labute approximate surface area is 203 Å². The Bertz CT molecular complexity index is 1210. The van der Waals surface area contributed by atoms with Crippen LogP contribution < -0.4 is 4.74 Å². The summed E-state index contributed by atoms with van der Waals surface area (Å²) in [5.41, 5.74) is 2.15. The van der Waals surface area contributed by atoms with Gasteiger partial charge in [-0.15, -0.1) is 5.10 Å². The lowest BCUT2D eigenvalue weighted by Gasteiger charge is -2.30. The molecule has 2 aromatic rings. The minimum atomic E-state index is -0.406. The fraction of sp³-hybridized carbons (Fsp3) is 0.360. The van der Waals surface area contributed by atoms with E-state index in [4.69, 9.17) is 10.1 Å². The van der Waals surface area contributed by atoms with Crippen LogP contribution in [0.4, 0.5) is 0 Å². The van der Waals surface area contributed by atoms with E-state index < -0.39 is 5.91 Å². The maximum absolute atomic E-state index is 12.8. The Kier molecular flexibility index (Phi) is 6.28. The van der Waals surface area contributed by atoms with Crippen LogP contribution in [0.1, 0.15) is 31.0 Å². The number of benzene rings is 1. The number of aliphatic imine (C=N–C) groups is 1. The molecule has 1 aromatic heterocycles. The fourth-order valence-corrected chi connectivity index (χ4v) is 5.14. The fourth-order valence-electron chi connectivity index (χ4n) is 4.19. The van der Waals surface area contributed by atoms with E-state index in [1.54, 1.807) is 6.08 Å². The van der Waals surface area contributed by atoms with Gasteiger partial charge in [0, 0.05) is 25.0 Å². The highest BCUT2D eigenvalue weighted by Gasteiger charge is 2.37. The molecule has 0 spiro atoms. The van der Waals surface area contributed by atoms with E-state index in [0.29, 0.717) is 18.3 Å². The van der Waals surface area contributed by atoms with Crippen LogP contribution in [0.5, 0.6) is 5.75 Å². The molecule has 0 aliphatic carbocycles. The molecule has 0 unspecified atom stereocenters. The molecule has 5 rings (SSSR count). The van der Waals surface area contributed by atoms with E-state index in [2.05, 4.69) is 21.9 Å². The zero-order valence-electron chi connectivity index (χ0n) is 19.4. The summed E-state index contributed by atoms with van der Waals surface area (Å²) in [5, 5.41) is 16.1. The number of para-hydroxylation sites is 1. The zero-order chi connectivity index (χ0) is 23.7. The van der Waals surface area contributed by atoms with Crippen LogP contribution >= 0.6 is 11.8 Å². The first-order chi connectivity index (χ1) is 16.5. The second kappa shape index (κ2) is 9.50. The summed E-state index contributed by atoms with van der Waals surface area (Å²) in [5.74, 6) is 1.24. The largest absolute Gasteiger partial charge is 0.491 e. The van der Waals surface area contributed by atoms with Gasteiger partial charge in [0.2, 0.25) is 5.17 Å². The van der Waals surface area contributed by atoms with Crippen molar-refractivity contribution in [2.45, 2.75) is 33.2 Å². The van der Waals surface area contributed by atoms with Gasteiger partial charge in [0.05, 0.1) is 12.1 Å². The number of aromatic nitrogens is 1. The van der Waals surface area contributed by atoms with E-state index >= 15 is 0 Å². The quantitative estimate of drug-likeness (QED) is 0.654. The zero-order valence-corrected chi connectivity index (χ0v) is 20.2. The lowest BCUT2D eigenvalue weighted by molar-refractivity contribution is -0.114. The predicted molar refractivity (Wildman–Crippen MR) is 136 cm³/mol. The molecule has 9 heteroatoms. The number of carbonyl (C=O) groups excluding carboxylic acids is 1. The summed E-state index contributed by atoms with van der Waals surface area (Å²) in [7, 11) is 0. The van der Waals surface area contributed by atoms with Crippen LogP contribution in [0.3, 0.4) is 0 Å². The number of hydrogen-bond donors (Lipinski definition) is 1. The number of aryl methyl sites for hydroxylation is 1. The number of thioether (sulfide) groups is 1. The highest BCUT2D eigenvalue weighted by molar-refractivity contribution is 8.26. The molecule has 0 atom stereocenters. The molecule has 176 valence electrons. The Hall–Kier alpha value is -3.33. The van der Waals surface area contributed by atoms with E-state index in [1.807, 2.05) is 54.1 Å². The number of rotatable bonds is 5. The van der Waals surface area contributed by atoms with Gasteiger partial charge < -0.3 is 14.2 Å². The van der Waals surface area contributed by atoms with E-state index in [0.717, 1.165) is 54.0 Å². The Morgan fingerprint density at radius 3 is 2.76 bits per heavy atom. The number of fused-ring (bicyclic) bond motifs is 1. The number of amidine groups is 3. The minimum Gasteiger partial charge on any atom is -0.491 e. The lowest BCUT2D eigenvalue weighted by Crippen LogP contribution is -2.36. The van der Waals surface area contributed by atoms with Crippen molar-refractivity contribution >= 4 is 39.9 Å². The summed E-state index contributed by atoms with van der Waals surface area (Å²) >= 11 is 1.37. The van der Waals surface area contributed by atoms with Gasteiger partial charge in [-0.2, -0.15) is 10.0 Å². The second-order valence-corrected chi connectivity index (χ2v) is 9.75. The number of nitrogens with one attached hydrogen (secondary N) is 1. The molecule has 3 aliphatic heterocycles. The van der Waals surface area contributed by atoms with Crippen LogP contribution in [-0.4, -0.2) is 56.3 Å². The van der Waals surface area contributed by atoms with Crippen molar-refractivity contribution in [3.05, 3.63) is 59.4 Å². The first-order valence-corrected chi connectivity index (χ1v) is 12.4. The minimum absolute atomic E-state index is 0.0618. The molecule has 34 heavy (non-hydrogen) atoms. The van der Waals surface area contributed by atoms with Crippen LogP contribution in [0.2, 0.25) is 0 Å². The Morgan fingerprint density at radius 1 is 1.18 bits per heavy atom. The van der Waals surface area contributed by atoms with E-state index in [1.165, 1.54) is 16.8 Å². The van der Waals surface area contributed by atoms with Gasteiger partial charge in [-0.05, 0) is 67.3 Å². The van der Waals surface area contributed by atoms with Gasteiger partial charge in [-0.1, -0.05) is 25.1 Å². The Balaban J connectivity index is 1.30. The van der Waals surface area contributed by atoms with Crippen LogP contribution in [-0.2, 0) is 11.3 Å². The first-order valence-electron chi connectivity index (χ1n) is 11.6. The molecule has 8 nitrogen and oxygen atoms in total. The molecule has 1 N–H and O–H groups in total. The monoisotopic (exact) mass is 476 g/mol. The summed E-state index contributed by atoms with van der Waals surface area (Å²) in [6.45, 7) is 7.28. The molecule has 0 saturated carbocycles. The number of likely N-dealkylation sites (tertiary alicyclic amines) is 1. The molecular weight excluding hydrogens is 448 g/mol. The molecular formula is C25H28N6O2S. The molecule has 4 heterocycles. The van der Waals surface area contributed by atoms with Gasteiger partial charge in [0.25, 0.3) is 5.91 Å². The maximum Gasteiger partial charge on any atom is 0.283 e. The van der Waals surface area contributed by atoms with Gasteiger partial charge in [-0.3, -0.25) is 10.2 Å². The molecule has 1 fully saturated rings. The normalized spacial score (nSPS) is 20.0. The van der Waals surface area contributed by atoms with Crippen molar-refractivity contribution in [2.24, 2.45) is 16.0 Å². The SMILES string of the molecule is Cc1ccccc1OCCn1cccc1/C=C1/C(=N)N2N=C(N3CCC(C)CC3)SC2=NC1=O. The average Bonchev–Trinajstić information content (AvgIpc) is 3.45. The van der Waals surface area contributed by atoms with E-state index in [9.17, 15) is 4.79 Å². The first kappa shape index (κ1) is 22.5. The van der Waals surface area contributed by atoms with Crippen LogP contribution in [0, 0.1) is 18.3 Å². The highest BCUT2D eigenvalue weighted by Crippen LogP contribution is 2.31. The maximum atomic E-state index is 12.8. The molecule has 0 bridgehead atoms. The second-order valence-electron chi connectivity index (χ2n) is 8.81. The van der Waals surface area contributed by atoms with Crippen molar-refractivity contribution in [3.63, 3.8) is 0 Å².